The third-order valence-corrected chi connectivity index (χ3v) is 5.63. The summed E-state index contributed by atoms with van der Waals surface area (Å²) in [5.41, 5.74) is 1.73. The van der Waals surface area contributed by atoms with Crippen LogP contribution in [-0.4, -0.2) is 36.4 Å². The number of sulfone groups is 1. The van der Waals surface area contributed by atoms with Crippen molar-refractivity contribution in [1.82, 2.24) is 15.1 Å². The van der Waals surface area contributed by atoms with Crippen LogP contribution in [0.3, 0.4) is 0 Å². The maximum Gasteiger partial charge on any atom is 0.220 e. The van der Waals surface area contributed by atoms with Gasteiger partial charge in [-0.2, -0.15) is 5.10 Å². The number of aromatic nitrogens is 2. The molecule has 1 aliphatic rings. The van der Waals surface area contributed by atoms with Crippen LogP contribution in [0, 0.1) is 19.8 Å². The van der Waals surface area contributed by atoms with Crippen LogP contribution in [0.15, 0.2) is 11.5 Å². The molecule has 22 heavy (non-hydrogen) atoms. The first-order valence-electron chi connectivity index (χ1n) is 7.15. The lowest BCUT2D eigenvalue weighted by atomic mass is 10.1. The summed E-state index contributed by atoms with van der Waals surface area (Å²) < 4.78 is 24.4. The molecule has 8 heteroatoms. The number of aryl methyl sites for hydroxylation is 2. The van der Waals surface area contributed by atoms with Gasteiger partial charge in [0.1, 0.15) is 0 Å². The summed E-state index contributed by atoms with van der Waals surface area (Å²) >= 11 is 6.07. The minimum atomic E-state index is -3.09. The molecule has 1 amide bonds. The Morgan fingerprint density at radius 1 is 1.50 bits per heavy atom. The Morgan fingerprint density at radius 3 is 2.77 bits per heavy atom. The normalized spacial score (nSPS) is 19.5. The van der Waals surface area contributed by atoms with E-state index in [1.807, 2.05) is 18.5 Å². The number of halogens is 1. The number of carbonyl (C=O) groups excluding carboxylic acids is 1. The first-order valence-corrected chi connectivity index (χ1v) is 9.25. The fourth-order valence-corrected chi connectivity index (χ4v) is 3.96. The quantitative estimate of drug-likeness (QED) is 0.794. The van der Waals surface area contributed by atoms with Gasteiger partial charge in [-0.25, -0.2) is 8.42 Å². The number of nitrogens with zero attached hydrogens (tertiary/aromatic N) is 2. The van der Waals surface area contributed by atoms with Gasteiger partial charge in [0.2, 0.25) is 5.91 Å². The van der Waals surface area contributed by atoms with E-state index in [2.05, 4.69) is 10.4 Å². The standard InChI is InChI=1S/C14H20ClN3O3S/c1-10-14(15)11(2)18(17-10)6-3-5-16-13(19)8-12-4-7-22(20,21)9-12/h4,7,12H,3,5-6,8-9H2,1-2H3,(H,16,19). The zero-order valence-corrected chi connectivity index (χ0v) is 14.2. The van der Waals surface area contributed by atoms with Gasteiger partial charge < -0.3 is 5.32 Å². The van der Waals surface area contributed by atoms with Crippen molar-refractivity contribution < 1.29 is 13.2 Å². The Balaban J connectivity index is 1.69. The highest BCUT2D eigenvalue weighted by Crippen LogP contribution is 2.19. The third kappa shape index (κ3) is 4.33. The van der Waals surface area contributed by atoms with E-state index in [1.54, 1.807) is 6.08 Å². The van der Waals surface area contributed by atoms with E-state index >= 15 is 0 Å². The molecule has 1 atom stereocenters. The first-order chi connectivity index (χ1) is 10.3. The molecule has 2 heterocycles. The first kappa shape index (κ1) is 17.0. The molecule has 1 aliphatic heterocycles. The summed E-state index contributed by atoms with van der Waals surface area (Å²) in [6.45, 7) is 4.97. The largest absolute Gasteiger partial charge is 0.356 e. The number of allylic oxidation sites excluding steroid dienone is 1. The van der Waals surface area contributed by atoms with Gasteiger partial charge in [-0.3, -0.25) is 9.48 Å². The second-order valence-corrected chi connectivity index (χ2v) is 7.84. The van der Waals surface area contributed by atoms with Crippen molar-refractivity contribution in [3.05, 3.63) is 27.9 Å². The molecule has 1 unspecified atom stereocenters. The van der Waals surface area contributed by atoms with Crippen LogP contribution in [0.1, 0.15) is 24.2 Å². The molecule has 0 bridgehead atoms. The van der Waals surface area contributed by atoms with Gasteiger partial charge in [-0.15, -0.1) is 0 Å². The summed E-state index contributed by atoms with van der Waals surface area (Å²) in [5, 5.41) is 9.00. The maximum absolute atomic E-state index is 11.8. The topological polar surface area (TPSA) is 81.1 Å². The van der Waals surface area contributed by atoms with Crippen molar-refractivity contribution >= 4 is 27.3 Å². The SMILES string of the molecule is Cc1nn(CCCNC(=O)CC2C=CS(=O)(=O)C2)c(C)c1Cl. The second-order valence-electron chi connectivity index (χ2n) is 5.53. The summed E-state index contributed by atoms with van der Waals surface area (Å²) in [7, 11) is -3.09. The molecule has 0 spiro atoms. The molecule has 1 aromatic heterocycles. The van der Waals surface area contributed by atoms with E-state index in [0.29, 0.717) is 18.1 Å². The monoisotopic (exact) mass is 345 g/mol. The van der Waals surface area contributed by atoms with Gasteiger partial charge >= 0.3 is 0 Å². The summed E-state index contributed by atoms with van der Waals surface area (Å²) in [6, 6.07) is 0. The average molecular weight is 346 g/mol. The van der Waals surface area contributed by atoms with Crippen LogP contribution in [-0.2, 0) is 21.2 Å². The van der Waals surface area contributed by atoms with Gasteiger partial charge in [0, 0.05) is 30.8 Å². The molecular formula is C14H20ClN3O3S. The van der Waals surface area contributed by atoms with E-state index in [0.717, 1.165) is 17.8 Å². The lowest BCUT2D eigenvalue weighted by Crippen LogP contribution is -2.27. The lowest BCUT2D eigenvalue weighted by Gasteiger charge is -2.09. The van der Waals surface area contributed by atoms with Crippen LogP contribution in [0.4, 0.5) is 0 Å². The molecular weight excluding hydrogens is 326 g/mol. The van der Waals surface area contributed by atoms with E-state index in [9.17, 15) is 13.2 Å². The predicted octanol–water partition coefficient (Wildman–Crippen LogP) is 1.61. The Hall–Kier alpha value is -1.34. The average Bonchev–Trinajstić information content (AvgIpc) is 2.89. The summed E-state index contributed by atoms with van der Waals surface area (Å²) in [4.78, 5) is 11.8. The molecule has 0 radical (unpaired) electrons. The summed E-state index contributed by atoms with van der Waals surface area (Å²) in [6.07, 6.45) is 2.54. The summed E-state index contributed by atoms with van der Waals surface area (Å²) in [5.74, 6) is -0.303. The van der Waals surface area contributed by atoms with Gasteiger partial charge in [0.15, 0.2) is 9.84 Å². The Bertz CT molecular complexity index is 694. The fraction of sp³-hybridized carbons (Fsp3) is 0.571. The molecule has 0 aliphatic carbocycles. The molecule has 1 N–H and O–H groups in total. The second kappa shape index (κ2) is 6.83. The van der Waals surface area contributed by atoms with Gasteiger partial charge in [0.05, 0.1) is 22.2 Å². The van der Waals surface area contributed by atoms with Crippen LogP contribution in [0.2, 0.25) is 5.02 Å². The zero-order chi connectivity index (χ0) is 16.3. The van der Waals surface area contributed by atoms with Gasteiger partial charge in [0.25, 0.3) is 0 Å². The van der Waals surface area contributed by atoms with Crippen LogP contribution in [0.25, 0.3) is 0 Å². The lowest BCUT2D eigenvalue weighted by molar-refractivity contribution is -0.121. The maximum atomic E-state index is 11.8. The molecule has 0 fully saturated rings. The number of nitrogens with one attached hydrogen (secondary N) is 1. The van der Waals surface area contributed by atoms with Crippen LogP contribution in [0.5, 0.6) is 0 Å². The number of hydrogen-bond donors (Lipinski definition) is 1. The number of carbonyl (C=O) groups is 1. The molecule has 2 rings (SSSR count). The van der Waals surface area contributed by atoms with Crippen molar-refractivity contribution in [1.29, 1.82) is 0 Å². The Morgan fingerprint density at radius 2 is 2.23 bits per heavy atom. The van der Waals surface area contributed by atoms with Crippen molar-refractivity contribution in [2.24, 2.45) is 5.92 Å². The van der Waals surface area contributed by atoms with E-state index in [-0.39, 0.29) is 24.0 Å². The zero-order valence-electron chi connectivity index (χ0n) is 12.7. The minimum Gasteiger partial charge on any atom is -0.356 e. The Kier molecular flexibility index (Phi) is 5.28. The van der Waals surface area contributed by atoms with E-state index < -0.39 is 9.84 Å². The van der Waals surface area contributed by atoms with Crippen molar-refractivity contribution in [3.63, 3.8) is 0 Å². The van der Waals surface area contributed by atoms with Gasteiger partial charge in [-0.05, 0) is 20.3 Å². The molecule has 0 saturated carbocycles. The van der Waals surface area contributed by atoms with Crippen LogP contribution < -0.4 is 5.32 Å². The number of amides is 1. The van der Waals surface area contributed by atoms with Crippen molar-refractivity contribution in [3.8, 4) is 0 Å². The minimum absolute atomic E-state index is 0.0324. The van der Waals surface area contributed by atoms with Crippen molar-refractivity contribution in [2.45, 2.75) is 33.2 Å². The molecule has 122 valence electrons. The predicted molar refractivity (Wildman–Crippen MR) is 85.4 cm³/mol. The molecule has 1 aromatic rings. The fourth-order valence-electron chi connectivity index (χ4n) is 2.43. The third-order valence-electron chi connectivity index (χ3n) is 3.61. The van der Waals surface area contributed by atoms with Gasteiger partial charge in [-0.1, -0.05) is 17.7 Å². The van der Waals surface area contributed by atoms with Crippen molar-refractivity contribution in [2.75, 3.05) is 12.3 Å². The highest BCUT2D eigenvalue weighted by molar-refractivity contribution is 7.94. The highest BCUT2D eigenvalue weighted by Gasteiger charge is 2.23. The van der Waals surface area contributed by atoms with Crippen LogP contribution >= 0.6 is 11.6 Å². The number of hydrogen-bond acceptors (Lipinski definition) is 4. The molecule has 6 nitrogen and oxygen atoms in total. The molecule has 0 saturated heterocycles. The Labute approximate surface area is 135 Å². The van der Waals surface area contributed by atoms with E-state index in [1.165, 1.54) is 5.41 Å². The highest BCUT2D eigenvalue weighted by atomic mass is 35.5. The smallest absolute Gasteiger partial charge is 0.220 e. The van der Waals surface area contributed by atoms with E-state index in [4.69, 9.17) is 11.6 Å². The molecule has 0 aromatic carbocycles. The number of rotatable bonds is 6.